The molecule has 4 nitrogen and oxygen atoms in total. The fourth-order valence-corrected chi connectivity index (χ4v) is 3.22. The average Bonchev–Trinajstić information content (AvgIpc) is 3.26. The van der Waals surface area contributed by atoms with E-state index in [-0.39, 0.29) is 5.91 Å². The van der Waals surface area contributed by atoms with Gasteiger partial charge in [-0.05, 0) is 23.6 Å². The summed E-state index contributed by atoms with van der Waals surface area (Å²) in [6.07, 6.45) is 1.61. The molecular weight excluding hydrogens is 320 g/mol. The summed E-state index contributed by atoms with van der Waals surface area (Å²) in [5.74, 6) is 1.15. The maximum atomic E-state index is 12.5. The fourth-order valence-electron chi connectivity index (χ4n) is 2.42. The van der Waals surface area contributed by atoms with Gasteiger partial charge in [0.25, 0.3) is 5.91 Å². The molecule has 1 amide bonds. The van der Waals surface area contributed by atoms with Crippen LogP contribution in [0.2, 0.25) is 0 Å². The molecule has 0 aliphatic heterocycles. The molecule has 0 spiro atoms. The minimum Gasteiger partial charge on any atom is -0.467 e. The summed E-state index contributed by atoms with van der Waals surface area (Å²) >= 11 is 1.49. The highest BCUT2D eigenvalue weighted by atomic mass is 32.1. The van der Waals surface area contributed by atoms with Crippen LogP contribution < -0.4 is 0 Å². The molecule has 2 heterocycles. The van der Waals surface area contributed by atoms with Crippen molar-refractivity contribution in [3.05, 3.63) is 65.1 Å². The Kier molecular flexibility index (Phi) is 4.81. The van der Waals surface area contributed by atoms with E-state index in [9.17, 15) is 4.79 Å². The van der Waals surface area contributed by atoms with E-state index in [2.05, 4.69) is 43.1 Å². The van der Waals surface area contributed by atoms with Gasteiger partial charge >= 0.3 is 0 Å². The molecule has 0 radical (unpaired) electrons. The van der Waals surface area contributed by atoms with Crippen molar-refractivity contribution in [1.82, 2.24) is 9.88 Å². The van der Waals surface area contributed by atoms with E-state index < -0.39 is 0 Å². The second kappa shape index (κ2) is 7.01. The molecule has 0 bridgehead atoms. The molecule has 124 valence electrons. The van der Waals surface area contributed by atoms with Crippen LogP contribution in [-0.2, 0) is 6.54 Å². The first kappa shape index (κ1) is 16.5. The van der Waals surface area contributed by atoms with E-state index in [1.807, 2.05) is 17.5 Å². The highest BCUT2D eigenvalue weighted by Gasteiger charge is 2.17. The van der Waals surface area contributed by atoms with E-state index in [4.69, 9.17) is 4.42 Å². The topological polar surface area (TPSA) is 46.3 Å². The lowest BCUT2D eigenvalue weighted by Crippen LogP contribution is -2.26. The summed E-state index contributed by atoms with van der Waals surface area (Å²) in [6, 6.07) is 12.0. The first-order valence-corrected chi connectivity index (χ1v) is 8.76. The van der Waals surface area contributed by atoms with Gasteiger partial charge in [-0.15, -0.1) is 11.3 Å². The molecule has 0 saturated heterocycles. The summed E-state index contributed by atoms with van der Waals surface area (Å²) in [7, 11) is 1.75. The third kappa shape index (κ3) is 3.57. The lowest BCUT2D eigenvalue weighted by Gasteiger charge is -2.13. The third-order valence-corrected chi connectivity index (χ3v) is 4.76. The summed E-state index contributed by atoms with van der Waals surface area (Å²) in [4.78, 5) is 18.6. The lowest BCUT2D eigenvalue weighted by atomic mass is 10.0. The maximum Gasteiger partial charge on any atom is 0.273 e. The van der Waals surface area contributed by atoms with Gasteiger partial charge in [-0.2, -0.15) is 0 Å². The van der Waals surface area contributed by atoms with Gasteiger partial charge in [-0.3, -0.25) is 4.79 Å². The molecule has 0 aliphatic carbocycles. The second-order valence-electron chi connectivity index (χ2n) is 6.06. The molecule has 1 aromatic carbocycles. The lowest BCUT2D eigenvalue weighted by molar-refractivity contribution is 0.0770. The SMILES string of the molecule is CC(C)c1ccc(-c2nc(C(=O)N(C)Cc3ccco3)cs2)cc1. The minimum atomic E-state index is -0.104. The summed E-state index contributed by atoms with van der Waals surface area (Å²) in [6.45, 7) is 4.77. The summed E-state index contributed by atoms with van der Waals surface area (Å²) in [5, 5.41) is 2.67. The number of carbonyl (C=O) groups is 1. The van der Waals surface area contributed by atoms with Crippen LogP contribution in [0, 0.1) is 0 Å². The van der Waals surface area contributed by atoms with Gasteiger partial charge in [0.05, 0.1) is 12.8 Å². The van der Waals surface area contributed by atoms with Crippen molar-refractivity contribution in [3.8, 4) is 10.6 Å². The van der Waals surface area contributed by atoms with E-state index in [1.54, 1.807) is 18.2 Å². The van der Waals surface area contributed by atoms with Crippen molar-refractivity contribution in [2.45, 2.75) is 26.3 Å². The molecule has 3 rings (SSSR count). The first-order valence-electron chi connectivity index (χ1n) is 7.88. The molecule has 0 fully saturated rings. The Morgan fingerprint density at radius 3 is 2.62 bits per heavy atom. The standard InChI is InChI=1S/C19H20N2O2S/c1-13(2)14-6-8-15(9-7-14)18-20-17(12-24-18)19(22)21(3)11-16-5-4-10-23-16/h4-10,12-13H,11H2,1-3H3. The van der Waals surface area contributed by atoms with Crippen LogP contribution in [-0.4, -0.2) is 22.8 Å². The van der Waals surface area contributed by atoms with Crippen molar-refractivity contribution in [3.63, 3.8) is 0 Å². The Hall–Kier alpha value is -2.40. The second-order valence-corrected chi connectivity index (χ2v) is 6.91. The van der Waals surface area contributed by atoms with Crippen LogP contribution in [0.3, 0.4) is 0 Å². The Balaban J connectivity index is 1.73. The van der Waals surface area contributed by atoms with Crippen LogP contribution in [0.15, 0.2) is 52.5 Å². The van der Waals surface area contributed by atoms with E-state index in [0.717, 1.165) is 16.3 Å². The number of amides is 1. The van der Waals surface area contributed by atoms with E-state index >= 15 is 0 Å². The number of rotatable bonds is 5. The number of hydrogen-bond donors (Lipinski definition) is 0. The van der Waals surface area contributed by atoms with Crippen molar-refractivity contribution in [1.29, 1.82) is 0 Å². The van der Waals surface area contributed by atoms with Gasteiger partial charge in [-0.1, -0.05) is 38.1 Å². The summed E-state index contributed by atoms with van der Waals surface area (Å²) < 4.78 is 5.28. The van der Waals surface area contributed by atoms with Crippen LogP contribution in [0.1, 0.15) is 41.6 Å². The molecule has 3 aromatic rings. The van der Waals surface area contributed by atoms with E-state index in [1.165, 1.54) is 16.9 Å². The zero-order valence-corrected chi connectivity index (χ0v) is 14.8. The maximum absolute atomic E-state index is 12.5. The Morgan fingerprint density at radius 2 is 2.00 bits per heavy atom. The third-order valence-electron chi connectivity index (χ3n) is 3.87. The first-order chi connectivity index (χ1) is 11.5. The van der Waals surface area contributed by atoms with Crippen molar-refractivity contribution in [2.24, 2.45) is 0 Å². The van der Waals surface area contributed by atoms with Crippen molar-refractivity contribution >= 4 is 17.2 Å². The van der Waals surface area contributed by atoms with Crippen molar-refractivity contribution in [2.75, 3.05) is 7.05 Å². The monoisotopic (exact) mass is 340 g/mol. The Morgan fingerprint density at radius 1 is 1.25 bits per heavy atom. The van der Waals surface area contributed by atoms with Gasteiger partial charge in [0, 0.05) is 18.0 Å². The normalized spacial score (nSPS) is 11.0. The van der Waals surface area contributed by atoms with Gasteiger partial charge in [0.1, 0.15) is 16.5 Å². The molecule has 0 aliphatic rings. The predicted octanol–water partition coefficient (Wildman–Crippen LogP) is 4.80. The van der Waals surface area contributed by atoms with E-state index in [0.29, 0.717) is 18.2 Å². The fraction of sp³-hybridized carbons (Fsp3) is 0.263. The molecule has 0 N–H and O–H groups in total. The van der Waals surface area contributed by atoms with Gasteiger partial charge in [0.2, 0.25) is 0 Å². The molecule has 0 atom stereocenters. The highest BCUT2D eigenvalue weighted by molar-refractivity contribution is 7.13. The average molecular weight is 340 g/mol. The Bertz CT molecular complexity index is 804. The number of nitrogens with zero attached hydrogens (tertiary/aromatic N) is 2. The number of aromatic nitrogens is 1. The number of benzene rings is 1. The highest BCUT2D eigenvalue weighted by Crippen LogP contribution is 2.26. The largest absolute Gasteiger partial charge is 0.467 e. The van der Waals surface area contributed by atoms with Gasteiger partial charge in [-0.25, -0.2) is 4.98 Å². The Labute approximate surface area is 145 Å². The zero-order valence-electron chi connectivity index (χ0n) is 14.0. The zero-order chi connectivity index (χ0) is 17.1. The van der Waals surface area contributed by atoms with Crippen LogP contribution in [0.5, 0.6) is 0 Å². The number of hydrogen-bond acceptors (Lipinski definition) is 4. The minimum absolute atomic E-state index is 0.104. The molecule has 24 heavy (non-hydrogen) atoms. The predicted molar refractivity (Wildman–Crippen MR) is 96.1 cm³/mol. The molecule has 2 aromatic heterocycles. The molecule has 5 heteroatoms. The quantitative estimate of drug-likeness (QED) is 0.670. The molecule has 0 unspecified atom stereocenters. The smallest absolute Gasteiger partial charge is 0.273 e. The van der Waals surface area contributed by atoms with Crippen LogP contribution in [0.4, 0.5) is 0 Å². The molecule has 0 saturated carbocycles. The van der Waals surface area contributed by atoms with Gasteiger partial charge < -0.3 is 9.32 Å². The van der Waals surface area contributed by atoms with Crippen LogP contribution in [0.25, 0.3) is 10.6 Å². The van der Waals surface area contributed by atoms with Gasteiger partial charge in [0.15, 0.2) is 0 Å². The number of furan rings is 1. The number of carbonyl (C=O) groups excluding carboxylic acids is 1. The summed E-state index contributed by atoms with van der Waals surface area (Å²) in [5.41, 5.74) is 2.80. The van der Waals surface area contributed by atoms with Crippen LogP contribution >= 0.6 is 11.3 Å². The van der Waals surface area contributed by atoms with Crippen molar-refractivity contribution < 1.29 is 9.21 Å². The number of thiazole rings is 1. The molecular formula is C19H20N2O2S.